The maximum absolute atomic E-state index is 12.3. The van der Waals surface area contributed by atoms with Crippen molar-refractivity contribution in [1.29, 1.82) is 0 Å². The van der Waals surface area contributed by atoms with Gasteiger partial charge in [0.2, 0.25) is 5.91 Å². The van der Waals surface area contributed by atoms with E-state index >= 15 is 0 Å². The number of amides is 1. The number of likely N-dealkylation sites (tertiary alicyclic amines) is 1. The van der Waals surface area contributed by atoms with Crippen LogP contribution in [0.3, 0.4) is 0 Å². The molecule has 1 aliphatic heterocycles. The van der Waals surface area contributed by atoms with Crippen LogP contribution in [0.25, 0.3) is 0 Å². The van der Waals surface area contributed by atoms with E-state index in [1.165, 1.54) is 5.56 Å². The molecule has 8 heteroatoms. The van der Waals surface area contributed by atoms with Gasteiger partial charge in [0.25, 0.3) is 0 Å². The number of nitrogens with zero attached hydrogens (tertiary/aromatic N) is 2. The van der Waals surface area contributed by atoms with Crippen molar-refractivity contribution in [3.05, 3.63) is 66.0 Å². The summed E-state index contributed by atoms with van der Waals surface area (Å²) in [7, 11) is 0. The Labute approximate surface area is 175 Å². The average molecular weight is 413 g/mol. The summed E-state index contributed by atoms with van der Waals surface area (Å²) in [5.74, 6) is -3.28. The summed E-state index contributed by atoms with van der Waals surface area (Å²) in [4.78, 5) is 37.3. The van der Waals surface area contributed by atoms with Crippen molar-refractivity contribution < 1.29 is 24.6 Å². The van der Waals surface area contributed by atoms with Crippen LogP contribution in [0.1, 0.15) is 24.1 Å². The van der Waals surface area contributed by atoms with Crippen molar-refractivity contribution in [3.63, 3.8) is 0 Å². The molecule has 2 heterocycles. The van der Waals surface area contributed by atoms with Crippen LogP contribution in [0.5, 0.6) is 0 Å². The fourth-order valence-corrected chi connectivity index (χ4v) is 3.19. The molecule has 1 aliphatic rings. The summed E-state index contributed by atoms with van der Waals surface area (Å²) in [6.07, 6.45) is 4.60. The number of carboxylic acids is 2. The summed E-state index contributed by atoms with van der Waals surface area (Å²) < 4.78 is 0. The zero-order valence-corrected chi connectivity index (χ0v) is 16.7. The smallest absolute Gasteiger partial charge is 0.414 e. The number of hydrogen-bond acceptors (Lipinski definition) is 5. The number of hydrogen-bond donors (Lipinski definition) is 3. The molecule has 0 unspecified atom stereocenters. The molecule has 1 amide bonds. The van der Waals surface area contributed by atoms with E-state index in [9.17, 15) is 4.79 Å². The Morgan fingerprint density at radius 3 is 2.17 bits per heavy atom. The van der Waals surface area contributed by atoms with Crippen molar-refractivity contribution in [2.24, 2.45) is 5.92 Å². The van der Waals surface area contributed by atoms with E-state index in [1.807, 2.05) is 36.5 Å². The van der Waals surface area contributed by atoms with Gasteiger partial charge in [0, 0.05) is 25.2 Å². The maximum atomic E-state index is 12.3. The molecule has 30 heavy (non-hydrogen) atoms. The number of carboxylic acid groups (broad SMARTS) is 2. The van der Waals surface area contributed by atoms with Crippen LogP contribution in [0.4, 0.5) is 0 Å². The minimum atomic E-state index is -1.82. The Morgan fingerprint density at radius 2 is 1.60 bits per heavy atom. The number of aliphatic carboxylic acids is 2. The lowest BCUT2D eigenvalue weighted by molar-refractivity contribution is -0.159. The first kappa shape index (κ1) is 23.0. The van der Waals surface area contributed by atoms with Gasteiger partial charge in [0.15, 0.2) is 0 Å². The van der Waals surface area contributed by atoms with Gasteiger partial charge < -0.3 is 15.5 Å². The second-order valence-electron chi connectivity index (χ2n) is 7.01. The van der Waals surface area contributed by atoms with Crippen LogP contribution < -0.4 is 5.32 Å². The Morgan fingerprint density at radius 1 is 0.967 bits per heavy atom. The van der Waals surface area contributed by atoms with Gasteiger partial charge in [-0.3, -0.25) is 14.7 Å². The molecule has 3 rings (SSSR count). The van der Waals surface area contributed by atoms with Gasteiger partial charge in [-0.05, 0) is 50.0 Å². The Hall–Kier alpha value is -3.26. The molecule has 1 saturated heterocycles. The number of pyridine rings is 1. The van der Waals surface area contributed by atoms with E-state index in [0.717, 1.165) is 51.1 Å². The SMILES string of the molecule is O=C(NCCc1ccccc1)C1CCN(Cc2ccccn2)CC1.O=C(O)C(=O)O. The molecule has 3 N–H and O–H groups in total. The van der Waals surface area contributed by atoms with Crippen molar-refractivity contribution in [2.75, 3.05) is 19.6 Å². The monoisotopic (exact) mass is 413 g/mol. The third kappa shape index (κ3) is 8.40. The lowest BCUT2D eigenvalue weighted by Gasteiger charge is -2.31. The van der Waals surface area contributed by atoms with Crippen molar-refractivity contribution >= 4 is 17.8 Å². The lowest BCUT2D eigenvalue weighted by Crippen LogP contribution is -2.40. The van der Waals surface area contributed by atoms with Gasteiger partial charge in [0.05, 0.1) is 5.69 Å². The van der Waals surface area contributed by atoms with E-state index in [-0.39, 0.29) is 11.8 Å². The van der Waals surface area contributed by atoms with E-state index < -0.39 is 11.9 Å². The minimum absolute atomic E-state index is 0.153. The van der Waals surface area contributed by atoms with Gasteiger partial charge >= 0.3 is 11.9 Å². The highest BCUT2D eigenvalue weighted by Crippen LogP contribution is 2.18. The molecule has 1 fully saturated rings. The largest absolute Gasteiger partial charge is 0.473 e. The third-order valence-corrected chi connectivity index (χ3v) is 4.81. The van der Waals surface area contributed by atoms with Gasteiger partial charge in [-0.25, -0.2) is 9.59 Å². The fourth-order valence-electron chi connectivity index (χ4n) is 3.19. The highest BCUT2D eigenvalue weighted by Gasteiger charge is 2.24. The van der Waals surface area contributed by atoms with Crippen molar-refractivity contribution in [3.8, 4) is 0 Å². The second kappa shape index (κ2) is 12.3. The summed E-state index contributed by atoms with van der Waals surface area (Å²) in [5, 5.41) is 17.9. The Balaban J connectivity index is 0.000000469. The van der Waals surface area contributed by atoms with Gasteiger partial charge in [-0.2, -0.15) is 0 Å². The predicted molar refractivity (Wildman–Crippen MR) is 111 cm³/mol. The van der Waals surface area contributed by atoms with E-state index in [0.29, 0.717) is 0 Å². The predicted octanol–water partition coefficient (Wildman–Crippen LogP) is 1.81. The molecular weight excluding hydrogens is 386 g/mol. The molecule has 0 atom stereocenters. The Kier molecular flexibility index (Phi) is 9.47. The molecular formula is C22H27N3O5. The zero-order valence-electron chi connectivity index (χ0n) is 16.7. The number of benzene rings is 1. The van der Waals surface area contributed by atoms with Crippen LogP contribution in [-0.2, 0) is 27.3 Å². The first-order valence-electron chi connectivity index (χ1n) is 9.86. The average Bonchev–Trinajstić information content (AvgIpc) is 2.76. The quantitative estimate of drug-likeness (QED) is 0.618. The minimum Gasteiger partial charge on any atom is -0.473 e. The van der Waals surface area contributed by atoms with Crippen molar-refractivity contribution in [1.82, 2.24) is 15.2 Å². The van der Waals surface area contributed by atoms with E-state index in [4.69, 9.17) is 19.8 Å². The number of carbonyl (C=O) groups is 3. The lowest BCUT2D eigenvalue weighted by atomic mass is 9.95. The molecule has 0 spiro atoms. The number of piperidine rings is 1. The zero-order chi connectivity index (χ0) is 21.8. The molecule has 8 nitrogen and oxygen atoms in total. The first-order valence-corrected chi connectivity index (χ1v) is 9.86. The normalized spacial score (nSPS) is 14.3. The van der Waals surface area contributed by atoms with Crippen LogP contribution in [0.2, 0.25) is 0 Å². The molecule has 0 saturated carbocycles. The topological polar surface area (TPSA) is 120 Å². The standard InChI is InChI=1S/C20H25N3O.C2H2O4/c24-20(22-13-9-17-6-2-1-3-7-17)18-10-14-23(15-11-18)16-19-8-4-5-12-21-19;3-1(4)2(5)6/h1-8,12,18H,9-11,13-16H2,(H,22,24);(H,3,4)(H,5,6). The van der Waals surface area contributed by atoms with Crippen LogP contribution in [0, 0.1) is 5.92 Å². The number of aromatic nitrogens is 1. The van der Waals surface area contributed by atoms with Crippen LogP contribution in [0.15, 0.2) is 54.7 Å². The number of nitrogens with one attached hydrogen (secondary N) is 1. The summed E-state index contributed by atoms with van der Waals surface area (Å²) >= 11 is 0. The molecule has 2 aromatic rings. The van der Waals surface area contributed by atoms with Crippen LogP contribution in [-0.4, -0.2) is 57.6 Å². The maximum Gasteiger partial charge on any atom is 0.414 e. The first-order chi connectivity index (χ1) is 14.5. The fraction of sp³-hybridized carbons (Fsp3) is 0.364. The third-order valence-electron chi connectivity index (χ3n) is 4.81. The highest BCUT2D eigenvalue weighted by atomic mass is 16.4. The molecule has 160 valence electrons. The van der Waals surface area contributed by atoms with Crippen LogP contribution >= 0.6 is 0 Å². The van der Waals surface area contributed by atoms with E-state index in [1.54, 1.807) is 0 Å². The van der Waals surface area contributed by atoms with Gasteiger partial charge in [-0.1, -0.05) is 36.4 Å². The number of carbonyl (C=O) groups excluding carboxylic acids is 1. The van der Waals surface area contributed by atoms with E-state index in [2.05, 4.69) is 33.4 Å². The Bertz CT molecular complexity index is 794. The number of rotatable bonds is 6. The summed E-state index contributed by atoms with van der Waals surface area (Å²) in [5.41, 5.74) is 2.37. The molecule has 0 aliphatic carbocycles. The van der Waals surface area contributed by atoms with Crippen molar-refractivity contribution in [2.45, 2.75) is 25.8 Å². The summed E-state index contributed by atoms with van der Waals surface area (Å²) in [6.45, 7) is 3.53. The molecule has 1 aromatic heterocycles. The summed E-state index contributed by atoms with van der Waals surface area (Å²) in [6, 6.07) is 16.3. The molecule has 0 radical (unpaired) electrons. The molecule has 1 aromatic carbocycles. The molecule has 0 bridgehead atoms. The highest BCUT2D eigenvalue weighted by molar-refractivity contribution is 6.27. The second-order valence-corrected chi connectivity index (χ2v) is 7.01. The van der Waals surface area contributed by atoms with Gasteiger partial charge in [-0.15, -0.1) is 0 Å². The van der Waals surface area contributed by atoms with Gasteiger partial charge in [0.1, 0.15) is 0 Å².